The summed E-state index contributed by atoms with van der Waals surface area (Å²) in [6.07, 6.45) is 7.73. The van der Waals surface area contributed by atoms with E-state index in [1.54, 1.807) is 47.7 Å². The minimum Gasteiger partial charge on any atom is -0.343 e. The lowest BCUT2D eigenvalue weighted by atomic mass is 10.1. The van der Waals surface area contributed by atoms with Crippen LogP contribution in [0.4, 0.5) is 4.39 Å². The smallest absolute Gasteiger partial charge is 0.181 e. The van der Waals surface area contributed by atoms with Gasteiger partial charge in [-0.05, 0) is 30.2 Å². The Morgan fingerprint density at radius 2 is 1.87 bits per heavy atom. The zero-order chi connectivity index (χ0) is 20.5. The van der Waals surface area contributed by atoms with E-state index >= 15 is 0 Å². The molecule has 0 aliphatic rings. The molecule has 7 nitrogen and oxygen atoms in total. The predicted molar refractivity (Wildman–Crippen MR) is 111 cm³/mol. The largest absolute Gasteiger partial charge is 0.343 e. The summed E-state index contributed by atoms with van der Waals surface area (Å²) in [7, 11) is 0. The molecule has 1 aromatic carbocycles. The number of hydrogen-bond acceptors (Lipinski definition) is 5. The zero-order valence-electron chi connectivity index (χ0n) is 16.2. The van der Waals surface area contributed by atoms with Gasteiger partial charge in [0.05, 0.1) is 11.9 Å². The number of imidazole rings is 1. The number of fused-ring (bicyclic) bond motifs is 1. The molecule has 4 heterocycles. The summed E-state index contributed by atoms with van der Waals surface area (Å²) < 4.78 is 15.9. The van der Waals surface area contributed by atoms with Crippen molar-refractivity contribution in [3.8, 4) is 23.0 Å². The molecule has 0 unspecified atom stereocenters. The monoisotopic (exact) mass is 399 g/mol. The van der Waals surface area contributed by atoms with E-state index in [1.807, 2.05) is 19.1 Å². The normalized spacial score (nSPS) is 11.3. The first-order valence-electron chi connectivity index (χ1n) is 9.65. The standard InChI is InChI=1S/C22H18FN7/c1-2-14-12-27-21(28-18(14)20-24-10-11-25-20)19-16-7-5-9-26-22(16)30(29-19)13-15-6-3-4-8-17(15)23/h3-12H,2,13H2,1H3,(H,24,25). The lowest BCUT2D eigenvalue weighted by Crippen LogP contribution is -2.05. The van der Waals surface area contributed by atoms with E-state index < -0.39 is 0 Å². The van der Waals surface area contributed by atoms with Crippen LogP contribution in [0.25, 0.3) is 34.1 Å². The van der Waals surface area contributed by atoms with Crippen LogP contribution >= 0.6 is 0 Å². The van der Waals surface area contributed by atoms with Crippen molar-refractivity contribution in [1.29, 1.82) is 0 Å². The number of benzene rings is 1. The zero-order valence-corrected chi connectivity index (χ0v) is 16.2. The van der Waals surface area contributed by atoms with Crippen LogP contribution in [0.5, 0.6) is 0 Å². The average Bonchev–Trinajstić information content (AvgIpc) is 3.44. The second kappa shape index (κ2) is 7.47. The van der Waals surface area contributed by atoms with Crippen molar-refractivity contribution in [2.45, 2.75) is 19.9 Å². The Hall–Kier alpha value is -3.94. The molecule has 0 aliphatic carbocycles. The molecule has 148 valence electrons. The molecule has 0 bridgehead atoms. The van der Waals surface area contributed by atoms with Gasteiger partial charge in [0, 0.05) is 30.4 Å². The van der Waals surface area contributed by atoms with Crippen LogP contribution in [0, 0.1) is 5.82 Å². The number of H-pyrrole nitrogens is 1. The molecule has 0 fully saturated rings. The molecule has 8 heteroatoms. The molecule has 5 rings (SSSR count). The fraction of sp³-hybridized carbons (Fsp3) is 0.136. The first-order valence-corrected chi connectivity index (χ1v) is 9.65. The Labute approximate surface area is 171 Å². The van der Waals surface area contributed by atoms with Gasteiger partial charge in [0.25, 0.3) is 0 Å². The van der Waals surface area contributed by atoms with Crippen LogP contribution in [-0.4, -0.2) is 34.7 Å². The fourth-order valence-corrected chi connectivity index (χ4v) is 3.45. The van der Waals surface area contributed by atoms with Crippen LogP contribution in [0.15, 0.2) is 61.2 Å². The van der Waals surface area contributed by atoms with Crippen molar-refractivity contribution < 1.29 is 4.39 Å². The number of aromatic nitrogens is 7. The van der Waals surface area contributed by atoms with E-state index in [-0.39, 0.29) is 12.4 Å². The summed E-state index contributed by atoms with van der Waals surface area (Å²) in [5.41, 5.74) is 3.52. The lowest BCUT2D eigenvalue weighted by molar-refractivity contribution is 0.589. The average molecular weight is 399 g/mol. The van der Waals surface area contributed by atoms with Crippen molar-refractivity contribution in [3.63, 3.8) is 0 Å². The SMILES string of the molecule is CCc1cnc(-c2nn(Cc3ccccc3F)c3ncccc23)nc1-c1ncc[nH]1. The fourth-order valence-electron chi connectivity index (χ4n) is 3.45. The van der Waals surface area contributed by atoms with Gasteiger partial charge in [-0.2, -0.15) is 5.10 Å². The highest BCUT2D eigenvalue weighted by Crippen LogP contribution is 2.27. The minimum absolute atomic E-state index is 0.262. The van der Waals surface area contributed by atoms with Crippen molar-refractivity contribution in [1.82, 2.24) is 34.7 Å². The van der Waals surface area contributed by atoms with Gasteiger partial charge in [-0.3, -0.25) is 0 Å². The highest BCUT2D eigenvalue weighted by atomic mass is 19.1. The minimum atomic E-state index is -0.276. The molecular weight excluding hydrogens is 381 g/mol. The number of aryl methyl sites for hydroxylation is 1. The summed E-state index contributed by atoms with van der Waals surface area (Å²) in [6, 6.07) is 10.4. The van der Waals surface area contributed by atoms with E-state index in [1.165, 1.54) is 6.07 Å². The lowest BCUT2D eigenvalue weighted by Gasteiger charge is -2.06. The number of rotatable bonds is 5. The number of hydrogen-bond donors (Lipinski definition) is 1. The number of halogens is 1. The third-order valence-electron chi connectivity index (χ3n) is 4.96. The van der Waals surface area contributed by atoms with Crippen LogP contribution in [0.2, 0.25) is 0 Å². The van der Waals surface area contributed by atoms with Gasteiger partial charge in [-0.1, -0.05) is 25.1 Å². The van der Waals surface area contributed by atoms with Crippen LogP contribution in [-0.2, 0) is 13.0 Å². The Morgan fingerprint density at radius 3 is 2.67 bits per heavy atom. The predicted octanol–water partition coefficient (Wildman–Crippen LogP) is 4.03. The van der Waals surface area contributed by atoms with Crippen molar-refractivity contribution >= 4 is 11.0 Å². The number of pyridine rings is 1. The van der Waals surface area contributed by atoms with Gasteiger partial charge >= 0.3 is 0 Å². The van der Waals surface area contributed by atoms with E-state index in [0.717, 1.165) is 23.1 Å². The molecule has 1 N–H and O–H groups in total. The second-order valence-corrected chi connectivity index (χ2v) is 6.83. The summed E-state index contributed by atoms with van der Waals surface area (Å²) in [6.45, 7) is 2.31. The summed E-state index contributed by atoms with van der Waals surface area (Å²) in [5, 5.41) is 5.51. The maximum absolute atomic E-state index is 14.2. The third-order valence-corrected chi connectivity index (χ3v) is 4.96. The molecule has 0 spiro atoms. The van der Waals surface area contributed by atoms with Crippen molar-refractivity contribution in [2.75, 3.05) is 0 Å². The van der Waals surface area contributed by atoms with E-state index in [2.05, 4.69) is 19.9 Å². The molecule has 0 amide bonds. The Morgan fingerprint density at radius 1 is 0.967 bits per heavy atom. The molecule has 0 radical (unpaired) electrons. The van der Waals surface area contributed by atoms with E-state index in [4.69, 9.17) is 10.1 Å². The molecule has 0 saturated heterocycles. The van der Waals surface area contributed by atoms with Gasteiger partial charge in [-0.15, -0.1) is 0 Å². The van der Waals surface area contributed by atoms with Gasteiger partial charge in [-0.25, -0.2) is 29.0 Å². The van der Waals surface area contributed by atoms with Gasteiger partial charge in [0.1, 0.15) is 17.2 Å². The number of nitrogens with zero attached hydrogens (tertiary/aromatic N) is 6. The van der Waals surface area contributed by atoms with Crippen LogP contribution in [0.3, 0.4) is 0 Å². The van der Waals surface area contributed by atoms with Gasteiger partial charge < -0.3 is 4.98 Å². The highest BCUT2D eigenvalue weighted by molar-refractivity contribution is 5.89. The Bertz CT molecular complexity index is 1320. The summed E-state index contributed by atoms with van der Waals surface area (Å²) >= 11 is 0. The topological polar surface area (TPSA) is 85.2 Å². The molecule has 0 atom stereocenters. The molecule has 30 heavy (non-hydrogen) atoms. The van der Waals surface area contributed by atoms with Crippen molar-refractivity contribution in [2.24, 2.45) is 0 Å². The van der Waals surface area contributed by atoms with Crippen LogP contribution < -0.4 is 0 Å². The molecule has 0 aliphatic heterocycles. The van der Waals surface area contributed by atoms with Crippen molar-refractivity contribution in [3.05, 3.63) is 78.1 Å². The van der Waals surface area contributed by atoms with E-state index in [0.29, 0.717) is 28.6 Å². The van der Waals surface area contributed by atoms with Gasteiger partial charge in [0.2, 0.25) is 0 Å². The second-order valence-electron chi connectivity index (χ2n) is 6.83. The maximum atomic E-state index is 14.2. The van der Waals surface area contributed by atoms with Gasteiger partial charge in [0.15, 0.2) is 17.3 Å². The Kier molecular flexibility index (Phi) is 4.51. The first kappa shape index (κ1) is 18.1. The molecule has 5 aromatic rings. The Balaban J connectivity index is 1.65. The summed E-state index contributed by atoms with van der Waals surface area (Å²) in [5.74, 6) is 0.884. The number of aromatic amines is 1. The number of nitrogens with one attached hydrogen (secondary N) is 1. The highest BCUT2D eigenvalue weighted by Gasteiger charge is 2.19. The van der Waals surface area contributed by atoms with E-state index in [9.17, 15) is 4.39 Å². The maximum Gasteiger partial charge on any atom is 0.181 e. The first-order chi connectivity index (χ1) is 14.7. The third kappa shape index (κ3) is 3.12. The van der Waals surface area contributed by atoms with Crippen LogP contribution in [0.1, 0.15) is 18.1 Å². The molecular formula is C22H18FN7. The summed E-state index contributed by atoms with van der Waals surface area (Å²) in [4.78, 5) is 21.2. The molecule has 4 aromatic heterocycles. The molecule has 0 saturated carbocycles. The quantitative estimate of drug-likeness (QED) is 0.482.